The summed E-state index contributed by atoms with van der Waals surface area (Å²) in [4.78, 5) is 40.3. The number of carbonyl (C=O) groups excluding carboxylic acids is 3. The van der Waals surface area contributed by atoms with Crippen LogP contribution in [0.3, 0.4) is 0 Å². The second-order valence-electron chi connectivity index (χ2n) is 5.32. The zero-order valence-corrected chi connectivity index (χ0v) is 11.6. The Bertz CT molecular complexity index is 891. The van der Waals surface area contributed by atoms with E-state index in [4.69, 9.17) is 14.2 Å². The molecule has 23 heavy (non-hydrogen) atoms. The fourth-order valence-electron chi connectivity index (χ4n) is 2.57. The molecule has 1 aromatic heterocycles. The fourth-order valence-corrected chi connectivity index (χ4v) is 2.57. The molecule has 0 saturated heterocycles. The van der Waals surface area contributed by atoms with Gasteiger partial charge in [0.15, 0.2) is 11.4 Å². The van der Waals surface area contributed by atoms with Crippen LogP contribution in [-0.2, 0) is 14.4 Å². The zero-order valence-electron chi connectivity index (χ0n) is 11.6. The molecule has 2 aliphatic rings. The Morgan fingerprint density at radius 3 is 2.43 bits per heavy atom. The lowest BCUT2D eigenvalue weighted by Gasteiger charge is -2.29. The van der Waals surface area contributed by atoms with E-state index in [1.807, 2.05) is 0 Å². The van der Waals surface area contributed by atoms with E-state index in [0.717, 1.165) is 0 Å². The molecule has 3 heterocycles. The summed E-state index contributed by atoms with van der Waals surface area (Å²) >= 11 is 0. The summed E-state index contributed by atoms with van der Waals surface area (Å²) in [6, 6.07) is 6.64. The van der Waals surface area contributed by atoms with Gasteiger partial charge in [-0.1, -0.05) is 12.1 Å². The summed E-state index contributed by atoms with van der Waals surface area (Å²) in [6.07, 6.45) is -1.45. The van der Waals surface area contributed by atoms with Gasteiger partial charge in [-0.15, -0.1) is 0 Å². The summed E-state index contributed by atoms with van der Waals surface area (Å²) in [5.74, 6) is -3.52. The summed E-state index contributed by atoms with van der Waals surface area (Å²) in [6.45, 7) is 0. The molecule has 1 atom stereocenters. The van der Waals surface area contributed by atoms with E-state index < -0.39 is 36.4 Å². The zero-order chi connectivity index (χ0) is 16.2. The van der Waals surface area contributed by atoms with E-state index in [0.29, 0.717) is 10.9 Å². The van der Waals surface area contributed by atoms with Crippen molar-refractivity contribution in [3.63, 3.8) is 0 Å². The summed E-state index contributed by atoms with van der Waals surface area (Å²) < 4.78 is 15.4. The topological polar surface area (TPSA) is 112 Å². The van der Waals surface area contributed by atoms with Crippen LogP contribution in [0.4, 0.5) is 0 Å². The van der Waals surface area contributed by atoms with Crippen LogP contribution in [0.2, 0.25) is 0 Å². The van der Waals surface area contributed by atoms with Gasteiger partial charge in [-0.2, -0.15) is 0 Å². The average Bonchev–Trinajstić information content (AvgIpc) is 2.47. The van der Waals surface area contributed by atoms with Gasteiger partial charge in [-0.3, -0.25) is 9.59 Å². The second kappa shape index (κ2) is 4.50. The molecule has 1 aromatic carbocycles. The highest BCUT2D eigenvalue weighted by atomic mass is 16.6. The molecular weight excluding hydrogens is 306 g/mol. The number of rotatable bonds is 0. The number of hydrogen-bond acceptors (Lipinski definition) is 8. The smallest absolute Gasteiger partial charge is 0.345 e. The third-order valence-corrected chi connectivity index (χ3v) is 3.65. The minimum atomic E-state index is -2.32. The van der Waals surface area contributed by atoms with Crippen LogP contribution in [0.25, 0.3) is 10.9 Å². The van der Waals surface area contributed by atoms with Gasteiger partial charge in [0.2, 0.25) is 5.75 Å². The van der Waals surface area contributed by atoms with Gasteiger partial charge in [0.25, 0.3) is 5.88 Å². The van der Waals surface area contributed by atoms with Crippen molar-refractivity contribution in [2.45, 2.75) is 18.4 Å². The van der Waals surface area contributed by atoms with E-state index in [-0.39, 0.29) is 17.4 Å². The maximum Gasteiger partial charge on any atom is 0.345 e. The number of fused-ring (bicyclic) bond motifs is 4. The number of para-hydroxylation sites is 1. The lowest BCUT2D eigenvalue weighted by atomic mass is 9.95. The lowest BCUT2D eigenvalue weighted by molar-refractivity contribution is -0.170. The van der Waals surface area contributed by atoms with Crippen molar-refractivity contribution in [3.05, 3.63) is 24.3 Å². The second-order valence-corrected chi connectivity index (χ2v) is 5.32. The average molecular weight is 315 g/mol. The van der Waals surface area contributed by atoms with Crippen LogP contribution < -0.4 is 14.2 Å². The molecule has 1 N–H and O–H groups in total. The van der Waals surface area contributed by atoms with Crippen molar-refractivity contribution in [2.75, 3.05) is 0 Å². The molecule has 2 bridgehead atoms. The van der Waals surface area contributed by atoms with E-state index >= 15 is 0 Å². The largest absolute Gasteiger partial charge is 0.421 e. The molecule has 0 fully saturated rings. The fraction of sp³-hybridized carbons (Fsp3) is 0.200. The van der Waals surface area contributed by atoms with Crippen LogP contribution in [0.1, 0.15) is 12.8 Å². The highest BCUT2D eigenvalue weighted by molar-refractivity contribution is 5.99. The Kier molecular flexibility index (Phi) is 2.67. The number of esters is 3. The number of benzene rings is 1. The maximum atomic E-state index is 12.2. The lowest BCUT2D eigenvalue weighted by Crippen LogP contribution is -2.49. The number of aliphatic hydroxyl groups is 1. The summed E-state index contributed by atoms with van der Waals surface area (Å²) in [5.41, 5.74) is -1.93. The molecule has 0 radical (unpaired) electrons. The minimum absolute atomic E-state index is 0.0688. The number of aromatic nitrogens is 1. The molecule has 0 amide bonds. The van der Waals surface area contributed by atoms with Crippen LogP contribution in [0.15, 0.2) is 24.3 Å². The Morgan fingerprint density at radius 1 is 0.957 bits per heavy atom. The number of ether oxygens (including phenoxy) is 3. The van der Waals surface area contributed by atoms with Gasteiger partial charge >= 0.3 is 17.9 Å². The van der Waals surface area contributed by atoms with E-state index in [1.165, 1.54) is 0 Å². The van der Waals surface area contributed by atoms with Gasteiger partial charge in [0.1, 0.15) is 0 Å². The van der Waals surface area contributed by atoms with Crippen molar-refractivity contribution < 1.29 is 33.7 Å². The van der Waals surface area contributed by atoms with Crippen molar-refractivity contribution in [1.29, 1.82) is 0 Å². The SMILES string of the molecule is O=C1CC2(O)CC(=O)Oc3c(c(nc4ccccc34)O1)OC2=O. The summed E-state index contributed by atoms with van der Waals surface area (Å²) in [7, 11) is 0. The Morgan fingerprint density at radius 2 is 1.65 bits per heavy atom. The number of nitrogens with zero attached hydrogens (tertiary/aromatic N) is 1. The van der Waals surface area contributed by atoms with Crippen LogP contribution in [0.5, 0.6) is 17.4 Å². The van der Waals surface area contributed by atoms with Crippen molar-refractivity contribution in [2.24, 2.45) is 0 Å². The first kappa shape index (κ1) is 13.6. The number of pyridine rings is 1. The molecule has 116 valence electrons. The molecular formula is C15H9NO7. The van der Waals surface area contributed by atoms with E-state index in [9.17, 15) is 19.5 Å². The Hall–Kier alpha value is -3.00. The van der Waals surface area contributed by atoms with Crippen LogP contribution in [0, 0.1) is 0 Å². The number of carbonyl (C=O) groups is 3. The van der Waals surface area contributed by atoms with Gasteiger partial charge in [-0.25, -0.2) is 9.78 Å². The monoisotopic (exact) mass is 315 g/mol. The summed E-state index contributed by atoms with van der Waals surface area (Å²) in [5, 5.41) is 10.7. The van der Waals surface area contributed by atoms with Crippen molar-refractivity contribution in [3.8, 4) is 17.4 Å². The molecule has 2 aliphatic heterocycles. The van der Waals surface area contributed by atoms with Gasteiger partial charge < -0.3 is 19.3 Å². The Balaban J connectivity index is 2.07. The van der Waals surface area contributed by atoms with Crippen molar-refractivity contribution >= 4 is 28.8 Å². The third-order valence-electron chi connectivity index (χ3n) is 3.65. The third kappa shape index (κ3) is 2.03. The Labute approximate surface area is 128 Å². The normalized spacial score (nSPS) is 23.3. The van der Waals surface area contributed by atoms with Crippen LogP contribution in [-0.4, -0.2) is 33.6 Å². The van der Waals surface area contributed by atoms with Gasteiger partial charge in [0, 0.05) is 5.39 Å². The molecule has 4 rings (SSSR count). The molecule has 8 nitrogen and oxygen atoms in total. The van der Waals surface area contributed by atoms with Crippen molar-refractivity contribution in [1.82, 2.24) is 4.98 Å². The predicted molar refractivity (Wildman–Crippen MR) is 72.8 cm³/mol. The van der Waals surface area contributed by atoms with E-state index in [1.54, 1.807) is 24.3 Å². The highest BCUT2D eigenvalue weighted by Gasteiger charge is 2.48. The molecule has 0 spiro atoms. The molecule has 8 heteroatoms. The molecule has 0 aliphatic carbocycles. The molecule has 2 aromatic rings. The van der Waals surface area contributed by atoms with Gasteiger partial charge in [0.05, 0.1) is 18.4 Å². The van der Waals surface area contributed by atoms with Gasteiger partial charge in [-0.05, 0) is 12.1 Å². The highest BCUT2D eigenvalue weighted by Crippen LogP contribution is 2.45. The minimum Gasteiger partial charge on any atom is -0.421 e. The predicted octanol–water partition coefficient (Wildman–Crippen LogP) is 0.489. The standard InChI is InChI=1S/C15H9NO7/c17-9-5-15(20)6-10(18)22-13-12(23-14(15)19)11(21-9)7-3-1-2-4-8(7)16-13/h1-4,20H,5-6H2. The molecule has 0 saturated carbocycles. The first-order valence-corrected chi connectivity index (χ1v) is 6.75. The maximum absolute atomic E-state index is 12.2. The number of hydrogen-bond donors (Lipinski definition) is 1. The molecule has 1 unspecified atom stereocenters. The first-order valence-electron chi connectivity index (χ1n) is 6.75. The van der Waals surface area contributed by atoms with Crippen LogP contribution >= 0.6 is 0 Å². The quantitative estimate of drug-likeness (QED) is 0.699. The van der Waals surface area contributed by atoms with E-state index in [2.05, 4.69) is 4.98 Å². The first-order chi connectivity index (χ1) is 11.0.